The first-order chi connectivity index (χ1) is 17.4. The molecule has 2 atom stereocenters. The lowest BCUT2D eigenvalue weighted by Gasteiger charge is -2.22. The highest BCUT2D eigenvalue weighted by Crippen LogP contribution is 2.31. The van der Waals surface area contributed by atoms with Gasteiger partial charge in [0.05, 0.1) is 22.2 Å². The van der Waals surface area contributed by atoms with Crippen LogP contribution in [0, 0.1) is 11.8 Å². The van der Waals surface area contributed by atoms with Crippen LogP contribution in [0.25, 0.3) is 11.3 Å². The van der Waals surface area contributed by atoms with E-state index in [-0.39, 0.29) is 35.4 Å². The van der Waals surface area contributed by atoms with Crippen molar-refractivity contribution >= 4 is 15.8 Å². The van der Waals surface area contributed by atoms with Crippen molar-refractivity contribution in [3.63, 3.8) is 0 Å². The molecule has 13 heteroatoms. The summed E-state index contributed by atoms with van der Waals surface area (Å²) in [4.78, 5) is 19.5. The van der Waals surface area contributed by atoms with E-state index in [4.69, 9.17) is 0 Å². The van der Waals surface area contributed by atoms with Crippen molar-refractivity contribution in [1.82, 2.24) is 14.3 Å². The van der Waals surface area contributed by atoms with E-state index < -0.39 is 58.2 Å². The number of sulfonamides is 1. The normalized spacial score (nSPS) is 18.8. The largest absolute Gasteiger partial charge is 0.433 e. The van der Waals surface area contributed by atoms with Gasteiger partial charge in [0.2, 0.25) is 16.0 Å². The highest BCUT2D eigenvalue weighted by atomic mass is 32.2. The second-order valence-electron chi connectivity index (χ2n) is 8.43. The lowest BCUT2D eigenvalue weighted by Crippen LogP contribution is -2.40. The molecule has 3 heterocycles. The van der Waals surface area contributed by atoms with Gasteiger partial charge in [0, 0.05) is 25.6 Å². The van der Waals surface area contributed by atoms with Gasteiger partial charge in [-0.15, -0.1) is 0 Å². The third kappa shape index (κ3) is 5.82. The molecule has 1 saturated heterocycles. The zero-order valence-corrected chi connectivity index (χ0v) is 19.7. The van der Waals surface area contributed by atoms with E-state index in [0.29, 0.717) is 11.6 Å². The summed E-state index contributed by atoms with van der Waals surface area (Å²) in [6.45, 7) is -0.518. The summed E-state index contributed by atoms with van der Waals surface area (Å²) in [5.74, 6) is -2.57. The van der Waals surface area contributed by atoms with Crippen LogP contribution >= 0.6 is 0 Å². The fraction of sp³-hybridized carbons (Fsp3) is 0.292. The van der Waals surface area contributed by atoms with Crippen LogP contribution in [-0.4, -0.2) is 47.2 Å². The number of pyridine rings is 2. The molecule has 3 aromatic rings. The third-order valence-corrected chi connectivity index (χ3v) is 7.79. The topological polar surface area (TPSA) is 80.2 Å². The predicted molar refractivity (Wildman–Crippen MR) is 119 cm³/mol. The minimum Gasteiger partial charge on any atom is -0.298 e. The van der Waals surface area contributed by atoms with Crippen molar-refractivity contribution in [3.8, 4) is 11.3 Å². The first kappa shape index (κ1) is 26.7. The molecule has 1 fully saturated rings. The Kier molecular flexibility index (Phi) is 7.38. The molecule has 0 aliphatic carbocycles. The summed E-state index contributed by atoms with van der Waals surface area (Å²) < 4.78 is 107. The first-order valence-corrected chi connectivity index (χ1v) is 12.4. The van der Waals surface area contributed by atoms with Gasteiger partial charge in [-0.1, -0.05) is 0 Å². The van der Waals surface area contributed by atoms with Gasteiger partial charge in [0.1, 0.15) is 17.7 Å². The van der Waals surface area contributed by atoms with E-state index in [0.717, 1.165) is 34.6 Å². The summed E-state index contributed by atoms with van der Waals surface area (Å²) >= 11 is 0. The van der Waals surface area contributed by atoms with E-state index in [2.05, 4.69) is 9.97 Å². The smallest absolute Gasteiger partial charge is 0.298 e. The molecule has 0 saturated carbocycles. The van der Waals surface area contributed by atoms with Crippen molar-refractivity contribution in [2.45, 2.75) is 42.5 Å². The maximum atomic E-state index is 14.2. The third-order valence-electron chi connectivity index (χ3n) is 5.90. The Morgan fingerprint density at radius 1 is 1.05 bits per heavy atom. The van der Waals surface area contributed by atoms with Gasteiger partial charge in [-0.25, -0.2) is 22.2 Å². The van der Waals surface area contributed by atoms with E-state index in [1.807, 2.05) is 0 Å². The van der Waals surface area contributed by atoms with Crippen LogP contribution in [0.4, 0.5) is 26.3 Å². The van der Waals surface area contributed by atoms with Crippen LogP contribution in [0.5, 0.6) is 0 Å². The Hall–Kier alpha value is -3.32. The quantitative estimate of drug-likeness (QED) is 0.318. The molecule has 1 aromatic carbocycles. The SMILES string of the molecule is O=C(CCc1ccnc(-c2ccc(C(F)(F)F)nc2F)c1)[C@@H]1C[C@@H](F)CN1S(=O)(=O)c1ccc(F)cc1. The lowest BCUT2D eigenvalue weighted by atomic mass is 10.0. The molecule has 0 amide bonds. The van der Waals surface area contributed by atoms with Gasteiger partial charge in [-0.2, -0.15) is 21.9 Å². The minimum atomic E-state index is -4.81. The predicted octanol–water partition coefficient (Wildman–Crippen LogP) is 4.74. The number of aryl methyl sites for hydroxylation is 1. The number of aromatic nitrogens is 2. The summed E-state index contributed by atoms with van der Waals surface area (Å²) in [6.07, 6.45) is -5.56. The molecular weight excluding hydrogens is 524 g/mol. The molecule has 1 aliphatic rings. The van der Waals surface area contributed by atoms with Gasteiger partial charge < -0.3 is 0 Å². The maximum Gasteiger partial charge on any atom is 0.433 e. The Morgan fingerprint density at radius 2 is 1.76 bits per heavy atom. The number of nitrogens with zero attached hydrogens (tertiary/aromatic N) is 3. The number of rotatable bonds is 7. The Morgan fingerprint density at radius 3 is 2.41 bits per heavy atom. The van der Waals surface area contributed by atoms with E-state index in [1.54, 1.807) is 0 Å². The number of hydrogen-bond donors (Lipinski definition) is 0. The maximum absolute atomic E-state index is 14.2. The lowest BCUT2D eigenvalue weighted by molar-refractivity contribution is -0.141. The first-order valence-electron chi connectivity index (χ1n) is 11.0. The highest BCUT2D eigenvalue weighted by molar-refractivity contribution is 7.89. The molecule has 196 valence electrons. The highest BCUT2D eigenvalue weighted by Gasteiger charge is 2.43. The van der Waals surface area contributed by atoms with Crippen molar-refractivity contribution in [2.75, 3.05) is 6.54 Å². The number of ketones is 1. The number of hydrogen-bond acceptors (Lipinski definition) is 5. The van der Waals surface area contributed by atoms with Gasteiger partial charge in [0.25, 0.3) is 0 Å². The molecule has 1 aliphatic heterocycles. The van der Waals surface area contributed by atoms with E-state index in [1.165, 1.54) is 18.3 Å². The molecule has 4 rings (SSSR count). The molecule has 0 unspecified atom stereocenters. The standard InChI is InChI=1S/C24H19F6N3O3S/c25-15-2-4-17(5-3-15)37(35,36)33-13-16(26)12-20(33)21(34)7-1-14-9-10-31-19(11-14)18-6-8-22(24(28,29)30)32-23(18)27/h2-6,8-11,16,20H,1,7,12-13H2/t16-,20+/m1/s1. The van der Waals surface area contributed by atoms with Crippen LogP contribution in [-0.2, 0) is 27.4 Å². The van der Waals surface area contributed by atoms with Gasteiger partial charge in [-0.05, 0) is 60.5 Å². The number of Topliss-reactive ketones (excluding diaryl/α,β-unsaturated/α-hetero) is 1. The molecule has 0 bridgehead atoms. The summed E-state index contributed by atoms with van der Waals surface area (Å²) in [5, 5.41) is 0. The average Bonchev–Trinajstić information content (AvgIpc) is 3.25. The Balaban J connectivity index is 1.49. The fourth-order valence-corrected chi connectivity index (χ4v) is 5.70. The monoisotopic (exact) mass is 543 g/mol. The van der Waals surface area contributed by atoms with Crippen LogP contribution in [0.3, 0.4) is 0 Å². The molecule has 0 N–H and O–H groups in total. The van der Waals surface area contributed by atoms with Gasteiger partial charge in [-0.3, -0.25) is 9.78 Å². The van der Waals surface area contributed by atoms with Crippen molar-refractivity contribution < 1.29 is 39.6 Å². The van der Waals surface area contributed by atoms with Gasteiger partial charge >= 0.3 is 6.18 Å². The zero-order valence-electron chi connectivity index (χ0n) is 18.9. The number of benzene rings is 1. The molecular formula is C24H19F6N3O3S. The van der Waals surface area contributed by atoms with Crippen LogP contribution < -0.4 is 0 Å². The van der Waals surface area contributed by atoms with E-state index in [9.17, 15) is 39.6 Å². The second-order valence-corrected chi connectivity index (χ2v) is 10.3. The summed E-state index contributed by atoms with van der Waals surface area (Å²) in [5.41, 5.74) is -1.19. The molecule has 0 radical (unpaired) electrons. The zero-order chi connectivity index (χ0) is 27.0. The van der Waals surface area contributed by atoms with E-state index >= 15 is 0 Å². The van der Waals surface area contributed by atoms with Gasteiger partial charge in [0.15, 0.2) is 5.78 Å². The summed E-state index contributed by atoms with van der Waals surface area (Å²) in [7, 11) is -4.26. The Bertz CT molecular complexity index is 1410. The number of carbonyl (C=O) groups excluding carboxylic acids is 1. The minimum absolute atomic E-state index is 0.00567. The summed E-state index contributed by atoms with van der Waals surface area (Å²) in [6, 6.07) is 7.11. The number of halogens is 6. The van der Waals surface area contributed by atoms with Crippen LogP contribution in [0.15, 0.2) is 59.6 Å². The van der Waals surface area contributed by atoms with Crippen LogP contribution in [0.1, 0.15) is 24.1 Å². The number of alkyl halides is 4. The van der Waals surface area contributed by atoms with Crippen molar-refractivity contribution in [1.29, 1.82) is 0 Å². The van der Waals surface area contributed by atoms with Crippen LogP contribution in [0.2, 0.25) is 0 Å². The fourth-order valence-electron chi connectivity index (χ4n) is 4.05. The second kappa shape index (κ2) is 10.2. The molecule has 0 spiro atoms. The molecule has 6 nitrogen and oxygen atoms in total. The van der Waals surface area contributed by atoms with Crippen molar-refractivity contribution in [2.24, 2.45) is 0 Å². The number of carbonyl (C=O) groups is 1. The molecule has 2 aromatic heterocycles. The Labute approximate surface area is 208 Å². The molecule has 37 heavy (non-hydrogen) atoms. The van der Waals surface area contributed by atoms with Crippen molar-refractivity contribution in [3.05, 3.63) is 77.8 Å². The average molecular weight is 543 g/mol.